The first kappa shape index (κ1) is 22.5. The molecule has 4 aromatic rings. The van der Waals surface area contributed by atoms with Gasteiger partial charge in [0, 0.05) is 30.2 Å². The van der Waals surface area contributed by atoms with E-state index in [9.17, 15) is 12.8 Å². The molecule has 1 atom stereocenters. The molecule has 0 aliphatic carbocycles. The smallest absolute Gasteiger partial charge is 0.241 e. The highest BCUT2D eigenvalue weighted by Crippen LogP contribution is 2.31. The zero-order valence-electron chi connectivity index (χ0n) is 19.3. The molecule has 0 saturated carbocycles. The maximum absolute atomic E-state index is 13.2. The van der Waals surface area contributed by atoms with Gasteiger partial charge in [0.25, 0.3) is 0 Å². The number of nitrogens with one attached hydrogen (secondary N) is 1. The average Bonchev–Trinajstić information content (AvgIpc) is 3.40. The van der Waals surface area contributed by atoms with Gasteiger partial charge >= 0.3 is 0 Å². The number of anilines is 1. The summed E-state index contributed by atoms with van der Waals surface area (Å²) in [5, 5.41) is 5.43. The Labute approximate surface area is 198 Å². The van der Waals surface area contributed by atoms with Crippen molar-refractivity contribution in [2.75, 3.05) is 18.0 Å². The average molecular weight is 480 g/mol. The predicted octanol–water partition coefficient (Wildman–Crippen LogP) is 4.04. The van der Waals surface area contributed by atoms with E-state index in [0.717, 1.165) is 39.8 Å². The van der Waals surface area contributed by atoms with E-state index >= 15 is 0 Å². The molecule has 1 aliphatic rings. The third kappa shape index (κ3) is 4.05. The van der Waals surface area contributed by atoms with Crippen LogP contribution in [0.5, 0.6) is 0 Å². The fourth-order valence-electron chi connectivity index (χ4n) is 4.95. The van der Waals surface area contributed by atoms with E-state index in [-0.39, 0.29) is 6.04 Å². The lowest BCUT2D eigenvalue weighted by Gasteiger charge is -2.21. The highest BCUT2D eigenvalue weighted by molar-refractivity contribution is 7.89. The molecular weight excluding hydrogens is 453 g/mol. The lowest BCUT2D eigenvalue weighted by atomic mass is 10.1. The van der Waals surface area contributed by atoms with E-state index in [1.807, 2.05) is 51.1 Å². The third-order valence-corrected chi connectivity index (χ3v) is 8.10. The SMILES string of the molecule is Cc1cc(C)c(S(=O)(=O)N[C@H]2CCN(c3cccc4c3cnn4-c3ccc(F)nc3)C2)c(C)c1. The molecule has 5 rings (SSSR count). The molecule has 0 unspecified atom stereocenters. The van der Waals surface area contributed by atoms with Gasteiger partial charge in [0.15, 0.2) is 0 Å². The van der Waals surface area contributed by atoms with Crippen molar-refractivity contribution in [1.82, 2.24) is 19.5 Å². The minimum absolute atomic E-state index is 0.197. The number of aromatic nitrogens is 3. The number of pyridine rings is 1. The van der Waals surface area contributed by atoms with Gasteiger partial charge < -0.3 is 4.90 Å². The van der Waals surface area contributed by atoms with Gasteiger partial charge in [0.1, 0.15) is 0 Å². The van der Waals surface area contributed by atoms with Crippen LogP contribution in [0.3, 0.4) is 0 Å². The highest BCUT2D eigenvalue weighted by Gasteiger charge is 2.30. The molecule has 2 aromatic carbocycles. The number of nitrogens with zero attached hydrogens (tertiary/aromatic N) is 4. The number of rotatable bonds is 5. The fraction of sp³-hybridized carbons (Fsp3) is 0.280. The van der Waals surface area contributed by atoms with Crippen LogP contribution in [0.2, 0.25) is 0 Å². The predicted molar refractivity (Wildman–Crippen MR) is 130 cm³/mol. The number of sulfonamides is 1. The summed E-state index contributed by atoms with van der Waals surface area (Å²) >= 11 is 0. The van der Waals surface area contributed by atoms with Crippen LogP contribution in [0.15, 0.2) is 59.8 Å². The largest absolute Gasteiger partial charge is 0.369 e. The van der Waals surface area contributed by atoms with Crippen molar-refractivity contribution in [3.8, 4) is 5.69 Å². The Kier molecular flexibility index (Phi) is 5.61. The number of hydrogen-bond donors (Lipinski definition) is 1. The Morgan fingerprint density at radius 1 is 1.06 bits per heavy atom. The Balaban J connectivity index is 1.39. The van der Waals surface area contributed by atoms with Gasteiger partial charge in [-0.1, -0.05) is 23.8 Å². The zero-order chi connectivity index (χ0) is 24.0. The first-order valence-electron chi connectivity index (χ1n) is 11.2. The molecule has 1 saturated heterocycles. The Morgan fingerprint density at radius 2 is 1.82 bits per heavy atom. The third-order valence-electron chi connectivity index (χ3n) is 6.27. The first-order chi connectivity index (χ1) is 16.2. The number of aryl methyl sites for hydroxylation is 3. The lowest BCUT2D eigenvalue weighted by Crippen LogP contribution is -2.37. The van der Waals surface area contributed by atoms with Crippen LogP contribution in [0.1, 0.15) is 23.1 Å². The second-order valence-electron chi connectivity index (χ2n) is 8.89. The summed E-state index contributed by atoms with van der Waals surface area (Å²) in [4.78, 5) is 6.27. The molecule has 0 radical (unpaired) electrons. The lowest BCUT2D eigenvalue weighted by molar-refractivity contribution is 0.560. The summed E-state index contributed by atoms with van der Waals surface area (Å²) in [5.41, 5.74) is 5.10. The Bertz CT molecular complexity index is 1460. The summed E-state index contributed by atoms with van der Waals surface area (Å²) in [6.07, 6.45) is 3.93. The topological polar surface area (TPSA) is 80.1 Å². The molecule has 7 nitrogen and oxygen atoms in total. The van der Waals surface area contributed by atoms with Gasteiger partial charge in [-0.05, 0) is 62.6 Å². The molecule has 0 amide bonds. The van der Waals surface area contributed by atoms with Gasteiger partial charge in [0.2, 0.25) is 16.0 Å². The maximum Gasteiger partial charge on any atom is 0.241 e. The van der Waals surface area contributed by atoms with Crippen molar-refractivity contribution in [2.24, 2.45) is 0 Å². The van der Waals surface area contributed by atoms with Gasteiger partial charge in [0.05, 0.1) is 28.5 Å². The number of halogens is 1. The summed E-state index contributed by atoms with van der Waals surface area (Å²) in [7, 11) is -3.64. The van der Waals surface area contributed by atoms with Crippen molar-refractivity contribution in [1.29, 1.82) is 0 Å². The van der Waals surface area contributed by atoms with Crippen LogP contribution in [-0.4, -0.2) is 42.3 Å². The van der Waals surface area contributed by atoms with E-state index in [1.165, 1.54) is 12.3 Å². The molecule has 3 heterocycles. The Hall–Kier alpha value is -3.30. The van der Waals surface area contributed by atoms with Crippen molar-refractivity contribution < 1.29 is 12.8 Å². The molecule has 1 aliphatic heterocycles. The molecule has 0 bridgehead atoms. The van der Waals surface area contributed by atoms with Gasteiger partial charge in [-0.3, -0.25) is 0 Å². The highest BCUT2D eigenvalue weighted by atomic mass is 32.2. The molecular formula is C25H26FN5O2S. The maximum atomic E-state index is 13.2. The van der Waals surface area contributed by atoms with Crippen molar-refractivity contribution in [2.45, 2.75) is 38.1 Å². The number of fused-ring (bicyclic) bond motifs is 1. The molecule has 1 fully saturated rings. The number of hydrogen-bond acceptors (Lipinski definition) is 5. The van der Waals surface area contributed by atoms with Crippen LogP contribution in [0.4, 0.5) is 10.1 Å². The second kappa shape index (κ2) is 8.48. The molecule has 34 heavy (non-hydrogen) atoms. The first-order valence-corrected chi connectivity index (χ1v) is 12.6. The van der Waals surface area contributed by atoms with Gasteiger partial charge in [-0.15, -0.1) is 0 Å². The van der Waals surface area contributed by atoms with E-state index in [2.05, 4.69) is 19.7 Å². The summed E-state index contributed by atoms with van der Waals surface area (Å²) in [5.74, 6) is -0.539. The minimum atomic E-state index is -3.64. The van der Waals surface area contributed by atoms with Crippen LogP contribution in [0, 0.1) is 26.7 Å². The zero-order valence-corrected chi connectivity index (χ0v) is 20.1. The van der Waals surface area contributed by atoms with Crippen LogP contribution in [0.25, 0.3) is 16.6 Å². The van der Waals surface area contributed by atoms with Crippen molar-refractivity contribution in [3.05, 3.63) is 77.5 Å². The quantitative estimate of drug-likeness (QED) is 0.437. The molecule has 2 aromatic heterocycles. The summed E-state index contributed by atoms with van der Waals surface area (Å²) in [6, 6.07) is 12.5. The fourth-order valence-corrected chi connectivity index (χ4v) is 6.67. The molecule has 176 valence electrons. The second-order valence-corrected chi connectivity index (χ2v) is 10.5. The van der Waals surface area contributed by atoms with E-state index in [4.69, 9.17) is 0 Å². The summed E-state index contributed by atoms with van der Waals surface area (Å²) in [6.45, 7) is 6.93. The summed E-state index contributed by atoms with van der Waals surface area (Å²) < 4.78 is 44.3. The van der Waals surface area contributed by atoms with Crippen LogP contribution < -0.4 is 9.62 Å². The van der Waals surface area contributed by atoms with Crippen molar-refractivity contribution in [3.63, 3.8) is 0 Å². The van der Waals surface area contributed by atoms with E-state index < -0.39 is 16.0 Å². The van der Waals surface area contributed by atoms with Crippen LogP contribution in [-0.2, 0) is 10.0 Å². The Morgan fingerprint density at radius 3 is 2.53 bits per heavy atom. The molecule has 1 N–H and O–H groups in total. The van der Waals surface area contributed by atoms with E-state index in [0.29, 0.717) is 23.5 Å². The normalized spacial score (nSPS) is 16.5. The number of benzene rings is 2. The minimum Gasteiger partial charge on any atom is -0.369 e. The van der Waals surface area contributed by atoms with Gasteiger partial charge in [-0.25, -0.2) is 22.8 Å². The molecule has 9 heteroatoms. The monoisotopic (exact) mass is 479 g/mol. The van der Waals surface area contributed by atoms with E-state index in [1.54, 1.807) is 16.9 Å². The van der Waals surface area contributed by atoms with Gasteiger partial charge in [-0.2, -0.15) is 9.49 Å². The van der Waals surface area contributed by atoms with Crippen LogP contribution >= 0.6 is 0 Å². The standard InChI is InChI=1S/C25H26FN5O2S/c1-16-11-17(2)25(18(3)12-16)34(32,33)29-19-9-10-30(15-19)22-5-4-6-23-21(22)14-28-31(23)20-7-8-24(26)27-13-20/h4-8,11-14,19,29H,9-10,15H2,1-3H3/t19-/m0/s1. The molecule has 0 spiro atoms. The van der Waals surface area contributed by atoms with Crippen molar-refractivity contribution >= 4 is 26.6 Å².